The van der Waals surface area contributed by atoms with Gasteiger partial charge in [-0.15, -0.1) is 0 Å². The van der Waals surface area contributed by atoms with Crippen molar-refractivity contribution >= 4 is 22.8 Å². The molecular weight excluding hydrogens is 408 g/mol. The largest absolute Gasteiger partial charge is 0.497 e. The molecule has 4 rings (SSSR count). The van der Waals surface area contributed by atoms with Gasteiger partial charge >= 0.3 is 0 Å². The Hall–Kier alpha value is -3.20. The Balaban J connectivity index is 1.64. The predicted octanol–water partition coefficient (Wildman–Crippen LogP) is 2.67. The second-order valence-corrected chi connectivity index (χ2v) is 8.35. The van der Waals surface area contributed by atoms with E-state index in [2.05, 4.69) is 23.8 Å². The zero-order valence-electron chi connectivity index (χ0n) is 19.1. The zero-order valence-corrected chi connectivity index (χ0v) is 19.1. The SMILES string of the molecule is COCc1nc(N2CCN(C(=O)CC(C)C)CC2)c2cnn(-c3ccc(OC)cc3)c2n1. The number of benzene rings is 1. The van der Waals surface area contributed by atoms with Crippen LogP contribution in [0.25, 0.3) is 16.7 Å². The molecule has 0 spiro atoms. The highest BCUT2D eigenvalue weighted by Crippen LogP contribution is 2.27. The minimum absolute atomic E-state index is 0.222. The summed E-state index contributed by atoms with van der Waals surface area (Å²) in [5.41, 5.74) is 1.61. The summed E-state index contributed by atoms with van der Waals surface area (Å²) in [5, 5.41) is 5.47. The highest BCUT2D eigenvalue weighted by atomic mass is 16.5. The number of piperazine rings is 1. The molecule has 1 fully saturated rings. The maximum Gasteiger partial charge on any atom is 0.222 e. The second-order valence-electron chi connectivity index (χ2n) is 8.35. The molecule has 0 bridgehead atoms. The molecule has 1 aliphatic rings. The van der Waals surface area contributed by atoms with Crippen LogP contribution in [-0.4, -0.2) is 71.0 Å². The summed E-state index contributed by atoms with van der Waals surface area (Å²) in [6.45, 7) is 7.26. The number of methoxy groups -OCH3 is 2. The van der Waals surface area contributed by atoms with Crippen molar-refractivity contribution in [1.82, 2.24) is 24.6 Å². The third-order valence-electron chi connectivity index (χ3n) is 5.56. The van der Waals surface area contributed by atoms with Crippen LogP contribution in [0.1, 0.15) is 26.1 Å². The van der Waals surface area contributed by atoms with Gasteiger partial charge in [0.1, 0.15) is 18.2 Å². The van der Waals surface area contributed by atoms with E-state index in [0.29, 0.717) is 37.9 Å². The van der Waals surface area contributed by atoms with Gasteiger partial charge < -0.3 is 19.3 Å². The summed E-state index contributed by atoms with van der Waals surface area (Å²) in [4.78, 5) is 26.1. The second kappa shape index (κ2) is 9.52. The van der Waals surface area contributed by atoms with Crippen molar-refractivity contribution in [3.63, 3.8) is 0 Å². The van der Waals surface area contributed by atoms with Crippen LogP contribution in [0.5, 0.6) is 5.75 Å². The van der Waals surface area contributed by atoms with Crippen LogP contribution in [0.3, 0.4) is 0 Å². The summed E-state index contributed by atoms with van der Waals surface area (Å²) in [6, 6.07) is 7.69. The fourth-order valence-electron chi connectivity index (χ4n) is 3.93. The van der Waals surface area contributed by atoms with Crippen LogP contribution in [0.2, 0.25) is 0 Å². The fourth-order valence-corrected chi connectivity index (χ4v) is 3.93. The van der Waals surface area contributed by atoms with Gasteiger partial charge in [-0.25, -0.2) is 14.6 Å². The van der Waals surface area contributed by atoms with Crippen molar-refractivity contribution in [1.29, 1.82) is 0 Å². The first kappa shape index (κ1) is 22.0. The summed E-state index contributed by atoms with van der Waals surface area (Å²) in [6.07, 6.45) is 2.39. The zero-order chi connectivity index (χ0) is 22.7. The number of hydrogen-bond acceptors (Lipinski definition) is 7. The van der Waals surface area contributed by atoms with E-state index in [1.54, 1.807) is 14.2 Å². The molecule has 1 aromatic carbocycles. The monoisotopic (exact) mass is 438 g/mol. The van der Waals surface area contributed by atoms with Gasteiger partial charge in [0, 0.05) is 39.7 Å². The minimum atomic E-state index is 0.222. The van der Waals surface area contributed by atoms with Gasteiger partial charge in [-0.1, -0.05) is 13.8 Å². The van der Waals surface area contributed by atoms with Crippen LogP contribution < -0.4 is 9.64 Å². The van der Waals surface area contributed by atoms with Crippen molar-refractivity contribution in [2.75, 3.05) is 45.3 Å². The Bertz CT molecular complexity index is 1070. The summed E-state index contributed by atoms with van der Waals surface area (Å²) in [7, 11) is 3.28. The number of hydrogen-bond donors (Lipinski definition) is 0. The number of carbonyl (C=O) groups excluding carboxylic acids is 1. The molecule has 3 aromatic rings. The fraction of sp³-hybridized carbons (Fsp3) is 0.478. The number of carbonyl (C=O) groups is 1. The maximum atomic E-state index is 12.5. The molecule has 2 aromatic heterocycles. The van der Waals surface area contributed by atoms with E-state index in [0.717, 1.165) is 41.4 Å². The average Bonchev–Trinajstić information content (AvgIpc) is 3.22. The lowest BCUT2D eigenvalue weighted by atomic mass is 10.1. The van der Waals surface area contributed by atoms with Gasteiger partial charge in [-0.3, -0.25) is 4.79 Å². The molecule has 32 heavy (non-hydrogen) atoms. The summed E-state index contributed by atoms with van der Waals surface area (Å²) >= 11 is 0. The smallest absolute Gasteiger partial charge is 0.222 e. The molecule has 0 saturated carbocycles. The van der Waals surface area contributed by atoms with Gasteiger partial charge in [-0.05, 0) is 30.2 Å². The molecule has 3 heterocycles. The Morgan fingerprint density at radius 1 is 1.06 bits per heavy atom. The topological polar surface area (TPSA) is 85.6 Å². The van der Waals surface area contributed by atoms with E-state index in [1.165, 1.54) is 0 Å². The summed E-state index contributed by atoms with van der Waals surface area (Å²) < 4.78 is 12.4. The van der Waals surface area contributed by atoms with Gasteiger partial charge in [-0.2, -0.15) is 5.10 Å². The Morgan fingerprint density at radius 3 is 2.41 bits per heavy atom. The van der Waals surface area contributed by atoms with Gasteiger partial charge in [0.15, 0.2) is 11.5 Å². The Labute approximate surface area is 187 Å². The van der Waals surface area contributed by atoms with Crippen molar-refractivity contribution in [2.45, 2.75) is 26.9 Å². The molecular formula is C23H30N6O3. The molecule has 9 heteroatoms. The first-order valence-corrected chi connectivity index (χ1v) is 10.9. The lowest BCUT2D eigenvalue weighted by Crippen LogP contribution is -2.49. The van der Waals surface area contributed by atoms with Crippen molar-refractivity contribution in [3.8, 4) is 11.4 Å². The van der Waals surface area contributed by atoms with Gasteiger partial charge in [0.25, 0.3) is 0 Å². The third kappa shape index (κ3) is 4.52. The number of amides is 1. The molecule has 0 aliphatic carbocycles. The highest BCUT2D eigenvalue weighted by Gasteiger charge is 2.25. The normalized spacial score (nSPS) is 14.4. The molecule has 0 atom stereocenters. The average molecular weight is 439 g/mol. The molecule has 0 N–H and O–H groups in total. The predicted molar refractivity (Wildman–Crippen MR) is 122 cm³/mol. The molecule has 1 amide bonds. The van der Waals surface area contributed by atoms with E-state index in [4.69, 9.17) is 19.4 Å². The molecule has 1 aliphatic heterocycles. The van der Waals surface area contributed by atoms with E-state index >= 15 is 0 Å². The van der Waals surface area contributed by atoms with Crippen LogP contribution in [0, 0.1) is 5.92 Å². The van der Waals surface area contributed by atoms with E-state index in [-0.39, 0.29) is 5.91 Å². The lowest BCUT2D eigenvalue weighted by molar-refractivity contribution is -0.132. The molecule has 170 valence electrons. The van der Waals surface area contributed by atoms with Crippen LogP contribution >= 0.6 is 0 Å². The minimum Gasteiger partial charge on any atom is -0.497 e. The van der Waals surface area contributed by atoms with Crippen molar-refractivity contribution < 1.29 is 14.3 Å². The van der Waals surface area contributed by atoms with E-state index in [1.807, 2.05) is 40.0 Å². The van der Waals surface area contributed by atoms with Gasteiger partial charge in [0.05, 0.1) is 24.4 Å². The number of rotatable bonds is 7. The quantitative estimate of drug-likeness (QED) is 0.561. The first-order valence-electron chi connectivity index (χ1n) is 10.9. The van der Waals surface area contributed by atoms with Crippen molar-refractivity contribution in [2.24, 2.45) is 5.92 Å². The van der Waals surface area contributed by atoms with Gasteiger partial charge in [0.2, 0.25) is 5.91 Å². The van der Waals surface area contributed by atoms with Crippen LogP contribution in [-0.2, 0) is 16.1 Å². The highest BCUT2D eigenvalue weighted by molar-refractivity contribution is 5.88. The van der Waals surface area contributed by atoms with Crippen molar-refractivity contribution in [3.05, 3.63) is 36.3 Å². The van der Waals surface area contributed by atoms with Crippen LogP contribution in [0.4, 0.5) is 5.82 Å². The van der Waals surface area contributed by atoms with E-state index in [9.17, 15) is 4.79 Å². The molecule has 9 nitrogen and oxygen atoms in total. The Morgan fingerprint density at radius 2 is 1.78 bits per heavy atom. The maximum absolute atomic E-state index is 12.5. The lowest BCUT2D eigenvalue weighted by Gasteiger charge is -2.36. The molecule has 0 unspecified atom stereocenters. The number of aromatic nitrogens is 4. The summed E-state index contributed by atoms with van der Waals surface area (Å²) in [5.74, 6) is 2.80. The number of ether oxygens (including phenoxy) is 2. The standard InChI is InChI=1S/C23H30N6O3/c1-16(2)13-21(30)27-9-11-28(12-10-27)22-19-14-24-29(17-5-7-18(32-4)8-6-17)23(19)26-20(25-22)15-31-3/h5-8,14,16H,9-13,15H2,1-4H3. The Kier molecular flexibility index (Phi) is 6.55. The first-order chi connectivity index (χ1) is 15.5. The number of nitrogens with zero attached hydrogens (tertiary/aromatic N) is 6. The number of anilines is 1. The molecule has 1 saturated heterocycles. The van der Waals surface area contributed by atoms with E-state index < -0.39 is 0 Å². The third-order valence-corrected chi connectivity index (χ3v) is 5.56. The molecule has 0 radical (unpaired) electrons. The number of fused-ring (bicyclic) bond motifs is 1. The van der Waals surface area contributed by atoms with Crippen LogP contribution in [0.15, 0.2) is 30.5 Å².